The molecular formula is C22H18FN5O4S. The number of carbonyl (C=O) groups is 2. The van der Waals surface area contributed by atoms with Crippen LogP contribution >= 0.6 is 11.3 Å². The first-order valence-electron chi connectivity index (χ1n) is 9.57. The first-order valence-corrected chi connectivity index (χ1v) is 10.4. The number of ether oxygens (including phenoxy) is 2. The molecule has 4 rings (SSSR count). The van der Waals surface area contributed by atoms with Gasteiger partial charge in [-0.2, -0.15) is 0 Å². The van der Waals surface area contributed by atoms with Crippen molar-refractivity contribution >= 4 is 23.2 Å². The highest BCUT2D eigenvalue weighted by Gasteiger charge is 2.17. The molecule has 11 heteroatoms. The van der Waals surface area contributed by atoms with Crippen molar-refractivity contribution in [1.29, 1.82) is 0 Å². The van der Waals surface area contributed by atoms with Crippen LogP contribution in [0.4, 0.5) is 4.39 Å². The number of amides is 2. The number of nitrogens with one attached hydrogen (secondary N) is 2. The topological polar surface area (TPSA) is 107 Å². The Kier molecular flexibility index (Phi) is 6.31. The molecule has 0 saturated heterocycles. The Hall–Kier alpha value is -4.25. The van der Waals surface area contributed by atoms with Crippen LogP contribution in [-0.2, 0) is 0 Å². The molecule has 2 amide bonds. The highest BCUT2D eigenvalue weighted by molar-refractivity contribution is 7.13. The minimum Gasteiger partial charge on any atom is -0.493 e. The number of hydrogen-bond donors (Lipinski definition) is 2. The maximum Gasteiger partial charge on any atom is 0.289 e. The van der Waals surface area contributed by atoms with Crippen LogP contribution < -0.4 is 20.3 Å². The monoisotopic (exact) mass is 467 g/mol. The summed E-state index contributed by atoms with van der Waals surface area (Å²) in [6.07, 6.45) is 2.75. The second kappa shape index (κ2) is 9.49. The Bertz CT molecular complexity index is 1300. The summed E-state index contributed by atoms with van der Waals surface area (Å²) in [6.45, 7) is 0. The van der Waals surface area contributed by atoms with Gasteiger partial charge < -0.3 is 9.47 Å². The molecule has 0 fully saturated rings. The van der Waals surface area contributed by atoms with E-state index in [2.05, 4.69) is 20.8 Å². The third kappa shape index (κ3) is 4.67. The predicted molar refractivity (Wildman–Crippen MR) is 119 cm³/mol. The number of hydrogen-bond acceptors (Lipinski definition) is 7. The van der Waals surface area contributed by atoms with Crippen molar-refractivity contribution in [1.82, 2.24) is 25.4 Å². The number of methoxy groups -OCH3 is 2. The molecule has 0 saturated carbocycles. The lowest BCUT2D eigenvalue weighted by molar-refractivity contribution is 0.0840. The summed E-state index contributed by atoms with van der Waals surface area (Å²) in [5.74, 6) is -0.452. The molecule has 168 valence electrons. The quantitative estimate of drug-likeness (QED) is 0.422. The number of halogens is 1. The summed E-state index contributed by atoms with van der Waals surface area (Å²) in [7, 11) is 3.08. The molecule has 0 aliphatic carbocycles. The molecule has 33 heavy (non-hydrogen) atoms. The van der Waals surface area contributed by atoms with Gasteiger partial charge in [0, 0.05) is 16.6 Å². The van der Waals surface area contributed by atoms with Gasteiger partial charge in [0.2, 0.25) is 0 Å². The van der Waals surface area contributed by atoms with Gasteiger partial charge in [0.15, 0.2) is 11.5 Å². The zero-order valence-corrected chi connectivity index (χ0v) is 18.4. The zero-order valence-electron chi connectivity index (χ0n) is 17.5. The van der Waals surface area contributed by atoms with E-state index in [0.29, 0.717) is 22.2 Å². The molecule has 2 aromatic heterocycles. The van der Waals surface area contributed by atoms with Crippen molar-refractivity contribution in [3.63, 3.8) is 0 Å². The maximum absolute atomic E-state index is 13.2. The molecule has 0 aliphatic rings. The average molecular weight is 467 g/mol. The summed E-state index contributed by atoms with van der Waals surface area (Å²) < 4.78 is 25.2. The molecule has 0 spiro atoms. The van der Waals surface area contributed by atoms with Crippen molar-refractivity contribution in [2.24, 2.45) is 0 Å². The van der Waals surface area contributed by atoms with E-state index in [9.17, 15) is 14.0 Å². The second-order valence-corrected chi connectivity index (χ2v) is 7.50. The van der Waals surface area contributed by atoms with Crippen LogP contribution in [0, 0.1) is 5.82 Å². The predicted octanol–water partition coefficient (Wildman–Crippen LogP) is 3.23. The van der Waals surface area contributed by atoms with E-state index in [4.69, 9.17) is 9.47 Å². The summed E-state index contributed by atoms with van der Waals surface area (Å²) >= 11 is 1.27. The van der Waals surface area contributed by atoms with Gasteiger partial charge in [-0.1, -0.05) is 0 Å². The number of aromatic nitrogens is 3. The third-order valence-corrected chi connectivity index (χ3v) is 5.52. The van der Waals surface area contributed by atoms with Gasteiger partial charge in [0.05, 0.1) is 26.7 Å². The van der Waals surface area contributed by atoms with Gasteiger partial charge in [0.1, 0.15) is 22.2 Å². The third-order valence-electron chi connectivity index (χ3n) is 4.63. The molecule has 2 aromatic carbocycles. The first-order chi connectivity index (χ1) is 16.0. The van der Waals surface area contributed by atoms with Crippen molar-refractivity contribution < 1.29 is 23.5 Å². The summed E-state index contributed by atoms with van der Waals surface area (Å²) in [4.78, 5) is 33.3. The van der Waals surface area contributed by atoms with E-state index < -0.39 is 17.6 Å². The molecule has 9 nitrogen and oxygen atoms in total. The molecule has 0 atom stereocenters. The number of carbonyl (C=O) groups excluding carboxylic acids is 2. The number of thiazole rings is 1. The smallest absolute Gasteiger partial charge is 0.289 e. The Morgan fingerprint density at radius 1 is 1.00 bits per heavy atom. The van der Waals surface area contributed by atoms with Crippen molar-refractivity contribution in [3.05, 3.63) is 77.6 Å². The van der Waals surface area contributed by atoms with E-state index in [1.165, 1.54) is 59.8 Å². The van der Waals surface area contributed by atoms with E-state index in [0.717, 1.165) is 5.56 Å². The van der Waals surface area contributed by atoms with Crippen LogP contribution in [0.3, 0.4) is 0 Å². The van der Waals surface area contributed by atoms with E-state index in [-0.39, 0.29) is 11.4 Å². The van der Waals surface area contributed by atoms with Crippen molar-refractivity contribution in [2.45, 2.75) is 0 Å². The number of rotatable bonds is 6. The van der Waals surface area contributed by atoms with Crippen LogP contribution in [0.2, 0.25) is 0 Å². The van der Waals surface area contributed by atoms with Gasteiger partial charge in [-0.3, -0.25) is 25.0 Å². The minimum atomic E-state index is -0.597. The summed E-state index contributed by atoms with van der Waals surface area (Å²) in [5, 5.41) is 2.18. The Balaban J connectivity index is 1.43. The molecule has 0 unspecified atom stereocenters. The Morgan fingerprint density at radius 2 is 1.73 bits per heavy atom. The van der Waals surface area contributed by atoms with Crippen LogP contribution in [0.5, 0.6) is 11.5 Å². The lowest BCUT2D eigenvalue weighted by Gasteiger charge is -2.09. The average Bonchev–Trinajstić information content (AvgIpc) is 3.53. The van der Waals surface area contributed by atoms with Gasteiger partial charge in [0.25, 0.3) is 11.8 Å². The lowest BCUT2D eigenvalue weighted by atomic mass is 10.2. The molecule has 2 heterocycles. The molecular weight excluding hydrogens is 449 g/mol. The largest absolute Gasteiger partial charge is 0.493 e. The van der Waals surface area contributed by atoms with Gasteiger partial charge in [-0.25, -0.2) is 14.4 Å². The standard InChI is InChI=1S/C22H18FN5O4S/c1-31-18-8-3-13(9-19(18)32-2)22-25-16(11-33-22)20(29)26-27-21(30)17-10-24-12-28(17)15-6-4-14(23)5-7-15/h3-12H,1-2H3,(H,26,29)(H,27,30). The van der Waals surface area contributed by atoms with Crippen molar-refractivity contribution in [2.75, 3.05) is 14.2 Å². The summed E-state index contributed by atoms with van der Waals surface area (Å²) in [6, 6.07) is 10.9. The number of imidazole rings is 1. The normalized spacial score (nSPS) is 10.5. The van der Waals surface area contributed by atoms with Crippen LogP contribution in [-0.4, -0.2) is 40.6 Å². The number of benzene rings is 2. The zero-order chi connectivity index (χ0) is 23.4. The highest BCUT2D eigenvalue weighted by atomic mass is 32.1. The fourth-order valence-electron chi connectivity index (χ4n) is 2.99. The Labute approximate surface area is 191 Å². The lowest BCUT2D eigenvalue weighted by Crippen LogP contribution is -2.42. The van der Waals surface area contributed by atoms with Gasteiger partial charge in [-0.15, -0.1) is 11.3 Å². The SMILES string of the molecule is COc1ccc(-c2nc(C(=O)NNC(=O)c3cncn3-c3ccc(F)cc3)cs2)cc1OC. The van der Waals surface area contributed by atoms with E-state index in [1.807, 2.05) is 0 Å². The van der Waals surface area contributed by atoms with Crippen LogP contribution in [0.1, 0.15) is 21.0 Å². The fraction of sp³-hybridized carbons (Fsp3) is 0.0909. The summed E-state index contributed by atoms with van der Waals surface area (Å²) in [5.41, 5.74) is 6.28. The molecule has 4 aromatic rings. The van der Waals surface area contributed by atoms with E-state index in [1.54, 1.807) is 30.7 Å². The van der Waals surface area contributed by atoms with Crippen molar-refractivity contribution in [3.8, 4) is 27.8 Å². The van der Waals surface area contributed by atoms with Gasteiger partial charge >= 0.3 is 0 Å². The highest BCUT2D eigenvalue weighted by Crippen LogP contribution is 2.33. The molecule has 0 radical (unpaired) electrons. The van der Waals surface area contributed by atoms with Crippen LogP contribution in [0.15, 0.2) is 60.4 Å². The fourth-order valence-corrected chi connectivity index (χ4v) is 3.79. The Morgan fingerprint density at radius 3 is 2.45 bits per heavy atom. The van der Waals surface area contributed by atoms with Crippen LogP contribution in [0.25, 0.3) is 16.3 Å². The first kappa shape index (κ1) is 22.0. The van der Waals surface area contributed by atoms with Gasteiger partial charge in [-0.05, 0) is 42.5 Å². The number of nitrogens with zero attached hydrogens (tertiary/aromatic N) is 3. The number of hydrazine groups is 1. The maximum atomic E-state index is 13.2. The molecule has 0 bridgehead atoms. The van der Waals surface area contributed by atoms with E-state index >= 15 is 0 Å². The second-order valence-electron chi connectivity index (χ2n) is 6.64. The molecule has 2 N–H and O–H groups in total. The molecule has 0 aliphatic heterocycles. The minimum absolute atomic E-state index is 0.136.